The molecule has 2 rings (SSSR count). The molecule has 3 nitrogen and oxygen atoms in total. The number of benzene rings is 1. The van der Waals surface area contributed by atoms with Crippen molar-refractivity contribution < 1.29 is 9.53 Å². The molecular formula is C13H9NO2S. The quantitative estimate of drug-likeness (QED) is 0.775. The first-order chi connectivity index (χ1) is 8.31. The first kappa shape index (κ1) is 11.4. The van der Waals surface area contributed by atoms with E-state index in [0.29, 0.717) is 17.7 Å². The van der Waals surface area contributed by atoms with Gasteiger partial charge in [-0.15, -0.1) is 11.3 Å². The Morgan fingerprint density at radius 3 is 2.65 bits per heavy atom. The lowest BCUT2D eigenvalue weighted by molar-refractivity contribution is -0.107. The molecule has 0 N–H and O–H groups in total. The van der Waals surface area contributed by atoms with Crippen molar-refractivity contribution >= 4 is 17.6 Å². The van der Waals surface area contributed by atoms with Crippen LogP contribution in [0.2, 0.25) is 0 Å². The highest BCUT2D eigenvalue weighted by Crippen LogP contribution is 2.29. The predicted molar refractivity (Wildman–Crippen MR) is 65.3 cm³/mol. The predicted octanol–water partition coefficient (Wildman–Crippen LogP) is 3.15. The number of carbonyl (C=O) groups is 1. The first-order valence-electron chi connectivity index (χ1n) is 5.02. The minimum atomic E-state index is 0.418. The van der Waals surface area contributed by atoms with Crippen LogP contribution in [0.5, 0.6) is 10.8 Å². The van der Waals surface area contributed by atoms with Crippen molar-refractivity contribution in [1.82, 2.24) is 0 Å². The molecule has 84 valence electrons. The number of nitriles is 1. The third kappa shape index (κ3) is 2.92. The number of rotatable bonds is 4. The molecule has 1 heterocycles. The lowest BCUT2D eigenvalue weighted by Gasteiger charge is -2.01. The van der Waals surface area contributed by atoms with Crippen molar-refractivity contribution in [1.29, 1.82) is 5.26 Å². The van der Waals surface area contributed by atoms with E-state index in [0.717, 1.165) is 16.2 Å². The molecule has 0 saturated carbocycles. The third-order valence-corrected chi connectivity index (χ3v) is 3.11. The average molecular weight is 243 g/mol. The van der Waals surface area contributed by atoms with Crippen molar-refractivity contribution in [3.05, 3.63) is 46.8 Å². The molecule has 0 aliphatic rings. The number of thiophene rings is 1. The first-order valence-corrected chi connectivity index (χ1v) is 5.84. The van der Waals surface area contributed by atoms with Crippen LogP contribution in [0.1, 0.15) is 10.4 Å². The number of hydrogen-bond acceptors (Lipinski definition) is 4. The zero-order valence-electron chi connectivity index (χ0n) is 8.92. The minimum Gasteiger partial charge on any atom is -0.447 e. The van der Waals surface area contributed by atoms with Gasteiger partial charge in [-0.25, -0.2) is 0 Å². The molecule has 0 spiro atoms. The number of aldehydes is 1. The molecule has 0 radical (unpaired) electrons. The van der Waals surface area contributed by atoms with E-state index >= 15 is 0 Å². The van der Waals surface area contributed by atoms with Crippen molar-refractivity contribution in [2.45, 2.75) is 6.42 Å². The Hall–Kier alpha value is -2.12. The molecule has 0 aliphatic heterocycles. The van der Waals surface area contributed by atoms with Crippen LogP contribution in [0.4, 0.5) is 0 Å². The summed E-state index contributed by atoms with van der Waals surface area (Å²) in [7, 11) is 0. The molecule has 4 heteroatoms. The highest BCUT2D eigenvalue weighted by atomic mass is 32.1. The second-order valence-electron chi connectivity index (χ2n) is 3.33. The molecule has 0 amide bonds. The van der Waals surface area contributed by atoms with Crippen LogP contribution in [0.3, 0.4) is 0 Å². The monoisotopic (exact) mass is 243 g/mol. The maximum absolute atomic E-state index is 10.3. The van der Waals surface area contributed by atoms with Gasteiger partial charge in [0.2, 0.25) is 0 Å². The number of ether oxygens (including phenoxy) is 1. The Labute approximate surface area is 103 Å². The largest absolute Gasteiger partial charge is 0.447 e. The van der Waals surface area contributed by atoms with Crippen LogP contribution >= 0.6 is 11.3 Å². The summed E-state index contributed by atoms with van der Waals surface area (Å²) in [6.45, 7) is 0. The van der Waals surface area contributed by atoms with Crippen LogP contribution in [0.25, 0.3) is 0 Å². The van der Waals surface area contributed by atoms with Crippen LogP contribution in [-0.4, -0.2) is 6.29 Å². The van der Waals surface area contributed by atoms with Gasteiger partial charge in [0.25, 0.3) is 0 Å². The van der Waals surface area contributed by atoms with Gasteiger partial charge in [-0.2, -0.15) is 5.26 Å². The summed E-state index contributed by atoms with van der Waals surface area (Å²) in [4.78, 5) is 11.3. The molecule has 0 unspecified atom stereocenters. The van der Waals surface area contributed by atoms with Gasteiger partial charge in [0.1, 0.15) is 12.0 Å². The normalized spacial score (nSPS) is 9.59. The molecule has 0 saturated heterocycles. The van der Waals surface area contributed by atoms with Gasteiger partial charge in [-0.1, -0.05) is 0 Å². The zero-order valence-corrected chi connectivity index (χ0v) is 9.74. The lowest BCUT2D eigenvalue weighted by atomic mass is 10.2. The molecule has 1 aromatic heterocycles. The van der Waals surface area contributed by atoms with E-state index in [1.165, 1.54) is 11.3 Å². The molecule has 0 atom stereocenters. The fourth-order valence-corrected chi connectivity index (χ4v) is 2.14. The SMILES string of the molecule is N#Cc1ccc(Oc2ccc(CC=O)s2)cc1. The summed E-state index contributed by atoms with van der Waals surface area (Å²) < 4.78 is 5.60. The Kier molecular flexibility index (Phi) is 3.53. The van der Waals surface area contributed by atoms with E-state index < -0.39 is 0 Å². The van der Waals surface area contributed by atoms with Crippen LogP contribution < -0.4 is 4.74 Å². The van der Waals surface area contributed by atoms with Gasteiger partial charge in [0.05, 0.1) is 11.6 Å². The molecule has 0 fully saturated rings. The fraction of sp³-hybridized carbons (Fsp3) is 0.0769. The summed E-state index contributed by atoms with van der Waals surface area (Å²) >= 11 is 1.44. The van der Waals surface area contributed by atoms with E-state index in [4.69, 9.17) is 10.00 Å². The third-order valence-electron chi connectivity index (χ3n) is 2.12. The van der Waals surface area contributed by atoms with Crippen molar-refractivity contribution in [3.8, 4) is 16.9 Å². The van der Waals surface area contributed by atoms with Crippen molar-refractivity contribution in [2.75, 3.05) is 0 Å². The smallest absolute Gasteiger partial charge is 0.181 e. The standard InChI is InChI=1S/C13H9NO2S/c14-9-10-1-3-11(4-2-10)16-13-6-5-12(17-13)7-8-15/h1-6,8H,7H2. The van der Waals surface area contributed by atoms with Gasteiger partial charge < -0.3 is 9.53 Å². The fourth-order valence-electron chi connectivity index (χ4n) is 1.32. The van der Waals surface area contributed by atoms with E-state index in [9.17, 15) is 4.79 Å². The van der Waals surface area contributed by atoms with E-state index in [-0.39, 0.29) is 0 Å². The van der Waals surface area contributed by atoms with Gasteiger partial charge in [0.15, 0.2) is 5.06 Å². The summed E-state index contributed by atoms with van der Waals surface area (Å²) in [6.07, 6.45) is 1.29. The van der Waals surface area contributed by atoms with Crippen LogP contribution in [0, 0.1) is 11.3 Å². The second-order valence-corrected chi connectivity index (χ2v) is 4.46. The topological polar surface area (TPSA) is 50.1 Å². The second kappa shape index (κ2) is 5.28. The minimum absolute atomic E-state index is 0.418. The van der Waals surface area contributed by atoms with Gasteiger partial charge in [0, 0.05) is 11.3 Å². The zero-order chi connectivity index (χ0) is 12.1. The molecule has 0 bridgehead atoms. The summed E-state index contributed by atoms with van der Waals surface area (Å²) in [5, 5.41) is 9.40. The lowest BCUT2D eigenvalue weighted by Crippen LogP contribution is -1.81. The van der Waals surface area contributed by atoms with Gasteiger partial charge >= 0.3 is 0 Å². The number of hydrogen-bond donors (Lipinski definition) is 0. The average Bonchev–Trinajstić information content (AvgIpc) is 2.78. The highest BCUT2D eigenvalue weighted by molar-refractivity contribution is 7.13. The molecule has 0 aliphatic carbocycles. The Balaban J connectivity index is 2.08. The van der Waals surface area contributed by atoms with E-state index in [2.05, 4.69) is 0 Å². The summed E-state index contributed by atoms with van der Waals surface area (Å²) in [5.74, 6) is 0.684. The van der Waals surface area contributed by atoms with Crippen LogP contribution in [0.15, 0.2) is 36.4 Å². The molecular weight excluding hydrogens is 234 g/mol. The Bertz CT molecular complexity index is 552. The van der Waals surface area contributed by atoms with E-state index in [1.807, 2.05) is 18.2 Å². The van der Waals surface area contributed by atoms with Gasteiger partial charge in [-0.3, -0.25) is 0 Å². The maximum Gasteiger partial charge on any atom is 0.181 e. The Morgan fingerprint density at radius 1 is 1.24 bits per heavy atom. The molecule has 1 aromatic carbocycles. The summed E-state index contributed by atoms with van der Waals surface area (Å²) in [6, 6.07) is 12.7. The maximum atomic E-state index is 10.3. The van der Waals surface area contributed by atoms with Crippen molar-refractivity contribution in [3.63, 3.8) is 0 Å². The molecule has 17 heavy (non-hydrogen) atoms. The Morgan fingerprint density at radius 2 is 2.00 bits per heavy atom. The summed E-state index contributed by atoms with van der Waals surface area (Å²) in [5.41, 5.74) is 0.602. The van der Waals surface area contributed by atoms with Crippen LogP contribution in [-0.2, 0) is 11.2 Å². The van der Waals surface area contributed by atoms with E-state index in [1.54, 1.807) is 24.3 Å². The number of nitrogens with zero attached hydrogens (tertiary/aromatic N) is 1. The number of carbonyl (C=O) groups excluding carboxylic acids is 1. The van der Waals surface area contributed by atoms with Gasteiger partial charge in [-0.05, 0) is 36.4 Å². The molecule has 2 aromatic rings. The highest BCUT2D eigenvalue weighted by Gasteiger charge is 2.02. The van der Waals surface area contributed by atoms with Crippen molar-refractivity contribution in [2.24, 2.45) is 0 Å².